The summed E-state index contributed by atoms with van der Waals surface area (Å²) in [6.07, 6.45) is 2.87. The lowest BCUT2D eigenvalue weighted by Crippen LogP contribution is -2.43. The third-order valence-electron chi connectivity index (χ3n) is 3.78. The number of carboxylic acids is 1. The van der Waals surface area contributed by atoms with Gasteiger partial charge in [0.05, 0.1) is 5.92 Å². The van der Waals surface area contributed by atoms with Crippen molar-refractivity contribution >= 4 is 17.8 Å². The van der Waals surface area contributed by atoms with Crippen molar-refractivity contribution in [2.45, 2.75) is 38.6 Å². The summed E-state index contributed by atoms with van der Waals surface area (Å²) in [7, 11) is 0. The van der Waals surface area contributed by atoms with Crippen LogP contribution in [0.2, 0.25) is 0 Å². The first-order valence-corrected chi connectivity index (χ1v) is 6.82. The van der Waals surface area contributed by atoms with Crippen molar-refractivity contribution in [2.75, 3.05) is 13.1 Å². The maximum Gasteiger partial charge on any atom is 0.326 e. The minimum absolute atomic E-state index is 0.00965. The number of hydrogen-bond donors (Lipinski definition) is 2. The van der Waals surface area contributed by atoms with Crippen molar-refractivity contribution in [3.63, 3.8) is 0 Å². The van der Waals surface area contributed by atoms with Crippen LogP contribution in [-0.2, 0) is 14.4 Å². The van der Waals surface area contributed by atoms with Gasteiger partial charge >= 0.3 is 5.97 Å². The van der Waals surface area contributed by atoms with Crippen LogP contribution in [0.4, 0.5) is 0 Å². The molecule has 2 rings (SSSR count). The zero-order chi connectivity index (χ0) is 14.0. The zero-order valence-corrected chi connectivity index (χ0v) is 11.1. The summed E-state index contributed by atoms with van der Waals surface area (Å²) >= 11 is 0. The quantitative estimate of drug-likeness (QED) is 0.721. The van der Waals surface area contributed by atoms with E-state index in [4.69, 9.17) is 5.11 Å². The average Bonchev–Trinajstić information content (AvgIpc) is 3.09. The third-order valence-corrected chi connectivity index (χ3v) is 3.78. The molecule has 0 spiro atoms. The number of carboxylic acid groups (broad SMARTS) is 1. The Morgan fingerprint density at radius 2 is 2.16 bits per heavy atom. The van der Waals surface area contributed by atoms with E-state index >= 15 is 0 Å². The fourth-order valence-electron chi connectivity index (χ4n) is 2.36. The van der Waals surface area contributed by atoms with E-state index in [1.165, 1.54) is 0 Å². The van der Waals surface area contributed by atoms with Gasteiger partial charge in [-0.1, -0.05) is 6.92 Å². The van der Waals surface area contributed by atoms with Gasteiger partial charge in [0.2, 0.25) is 11.8 Å². The van der Waals surface area contributed by atoms with Crippen LogP contribution < -0.4 is 5.32 Å². The molecule has 0 bridgehead atoms. The fraction of sp³-hybridized carbons (Fsp3) is 0.769. The first kappa shape index (κ1) is 13.8. The molecule has 2 aliphatic rings. The average molecular weight is 268 g/mol. The van der Waals surface area contributed by atoms with E-state index in [1.807, 2.05) is 0 Å². The Morgan fingerprint density at radius 3 is 2.68 bits per heavy atom. The van der Waals surface area contributed by atoms with Gasteiger partial charge in [-0.2, -0.15) is 0 Å². The van der Waals surface area contributed by atoms with E-state index in [9.17, 15) is 14.4 Å². The van der Waals surface area contributed by atoms with Gasteiger partial charge in [0.15, 0.2) is 0 Å². The molecule has 1 saturated carbocycles. The number of amides is 2. The lowest BCUT2D eigenvalue weighted by Gasteiger charge is -2.17. The van der Waals surface area contributed by atoms with Crippen LogP contribution in [0.3, 0.4) is 0 Å². The maximum atomic E-state index is 12.0. The monoisotopic (exact) mass is 268 g/mol. The standard InChI is InChI=1S/C13H20N2O4/c1-2-10(13(18)19)14-12(17)9-5-11(16)15(7-9)6-8-3-4-8/h8-10H,2-7H2,1H3,(H,14,17)(H,18,19)/t9?,10-/m0/s1. The predicted molar refractivity (Wildman–Crippen MR) is 67.3 cm³/mol. The minimum atomic E-state index is -1.03. The Labute approximate surface area is 112 Å². The SMILES string of the molecule is CC[C@H](NC(=O)C1CC(=O)N(CC2CC2)C1)C(=O)O. The number of nitrogens with zero attached hydrogens (tertiary/aromatic N) is 1. The van der Waals surface area contributed by atoms with Crippen molar-refractivity contribution in [1.82, 2.24) is 10.2 Å². The molecule has 2 amide bonds. The Hall–Kier alpha value is -1.59. The second kappa shape index (κ2) is 5.59. The Kier molecular flexibility index (Phi) is 4.07. The highest BCUT2D eigenvalue weighted by molar-refractivity contribution is 5.91. The Bertz CT molecular complexity index is 392. The summed E-state index contributed by atoms with van der Waals surface area (Å²) in [5.41, 5.74) is 0. The van der Waals surface area contributed by atoms with Crippen LogP contribution in [0.15, 0.2) is 0 Å². The van der Waals surface area contributed by atoms with Crippen LogP contribution in [-0.4, -0.2) is 46.9 Å². The van der Waals surface area contributed by atoms with Gasteiger partial charge in [-0.25, -0.2) is 4.79 Å². The number of carbonyl (C=O) groups is 3. The lowest BCUT2D eigenvalue weighted by molar-refractivity contribution is -0.142. The maximum absolute atomic E-state index is 12.0. The summed E-state index contributed by atoms with van der Waals surface area (Å²) in [4.78, 5) is 36.3. The van der Waals surface area contributed by atoms with Crippen LogP contribution in [0.5, 0.6) is 0 Å². The molecule has 0 aromatic heterocycles. The molecule has 0 aromatic rings. The smallest absolute Gasteiger partial charge is 0.326 e. The van der Waals surface area contributed by atoms with Gasteiger partial charge in [0.1, 0.15) is 6.04 Å². The second-order valence-corrected chi connectivity index (χ2v) is 5.45. The molecule has 19 heavy (non-hydrogen) atoms. The van der Waals surface area contributed by atoms with Gasteiger partial charge in [0, 0.05) is 19.5 Å². The van der Waals surface area contributed by atoms with Crippen molar-refractivity contribution in [3.8, 4) is 0 Å². The molecule has 6 nitrogen and oxygen atoms in total. The van der Waals surface area contributed by atoms with Gasteiger partial charge in [-0.15, -0.1) is 0 Å². The molecular formula is C13H20N2O4. The van der Waals surface area contributed by atoms with E-state index in [0.717, 1.165) is 19.4 Å². The van der Waals surface area contributed by atoms with Crippen LogP contribution in [0, 0.1) is 11.8 Å². The number of carbonyl (C=O) groups excluding carboxylic acids is 2. The first-order chi connectivity index (χ1) is 9.01. The molecular weight excluding hydrogens is 248 g/mol. The molecule has 0 radical (unpaired) electrons. The van der Waals surface area contributed by atoms with Gasteiger partial charge in [0.25, 0.3) is 0 Å². The molecule has 1 aliphatic carbocycles. The highest BCUT2D eigenvalue weighted by Gasteiger charge is 2.37. The largest absolute Gasteiger partial charge is 0.480 e. The molecule has 0 aromatic carbocycles. The van der Waals surface area contributed by atoms with E-state index in [-0.39, 0.29) is 18.2 Å². The highest BCUT2D eigenvalue weighted by Crippen LogP contribution is 2.32. The summed E-state index contributed by atoms with van der Waals surface area (Å²) in [5, 5.41) is 11.4. The molecule has 2 fully saturated rings. The van der Waals surface area contributed by atoms with Gasteiger partial charge in [-0.05, 0) is 25.2 Å². The van der Waals surface area contributed by atoms with Crippen molar-refractivity contribution in [2.24, 2.45) is 11.8 Å². The van der Waals surface area contributed by atoms with Crippen LogP contribution >= 0.6 is 0 Å². The molecule has 1 unspecified atom stereocenters. The van der Waals surface area contributed by atoms with Crippen LogP contribution in [0.1, 0.15) is 32.6 Å². The number of rotatable bonds is 6. The first-order valence-electron chi connectivity index (χ1n) is 6.82. The summed E-state index contributed by atoms with van der Waals surface area (Å²) in [5.74, 6) is -1.14. The van der Waals surface area contributed by atoms with Crippen LogP contribution in [0.25, 0.3) is 0 Å². The third kappa shape index (κ3) is 3.45. The molecule has 2 atom stereocenters. The van der Waals surface area contributed by atoms with Crippen molar-refractivity contribution in [1.29, 1.82) is 0 Å². The number of aliphatic carboxylic acids is 1. The van der Waals surface area contributed by atoms with E-state index in [1.54, 1.807) is 11.8 Å². The fourth-order valence-corrected chi connectivity index (χ4v) is 2.36. The van der Waals surface area contributed by atoms with Crippen molar-refractivity contribution < 1.29 is 19.5 Å². The second-order valence-electron chi connectivity index (χ2n) is 5.45. The normalized spacial score (nSPS) is 24.4. The zero-order valence-electron chi connectivity index (χ0n) is 11.1. The lowest BCUT2D eigenvalue weighted by atomic mass is 10.1. The Morgan fingerprint density at radius 1 is 1.47 bits per heavy atom. The number of nitrogens with one attached hydrogen (secondary N) is 1. The number of hydrogen-bond acceptors (Lipinski definition) is 3. The summed E-state index contributed by atoms with van der Waals surface area (Å²) in [6, 6.07) is -0.861. The van der Waals surface area contributed by atoms with E-state index < -0.39 is 17.9 Å². The summed E-state index contributed by atoms with van der Waals surface area (Å²) < 4.78 is 0. The Balaban J connectivity index is 1.86. The topological polar surface area (TPSA) is 86.7 Å². The number of likely N-dealkylation sites (tertiary alicyclic amines) is 1. The van der Waals surface area contributed by atoms with Gasteiger partial charge < -0.3 is 15.3 Å². The molecule has 1 aliphatic heterocycles. The van der Waals surface area contributed by atoms with E-state index in [0.29, 0.717) is 18.9 Å². The highest BCUT2D eigenvalue weighted by atomic mass is 16.4. The molecule has 1 heterocycles. The molecule has 1 saturated heterocycles. The summed E-state index contributed by atoms with van der Waals surface area (Å²) in [6.45, 7) is 2.88. The van der Waals surface area contributed by atoms with Crippen molar-refractivity contribution in [3.05, 3.63) is 0 Å². The molecule has 6 heteroatoms. The predicted octanol–water partition coefficient (Wildman–Crippen LogP) is 0.224. The minimum Gasteiger partial charge on any atom is -0.480 e. The van der Waals surface area contributed by atoms with E-state index in [2.05, 4.69) is 5.32 Å². The molecule has 106 valence electrons. The van der Waals surface area contributed by atoms with Gasteiger partial charge in [-0.3, -0.25) is 9.59 Å². The molecule has 2 N–H and O–H groups in total.